The predicted octanol–water partition coefficient (Wildman–Crippen LogP) is 1.88. The molecule has 0 aliphatic rings. The summed E-state index contributed by atoms with van der Waals surface area (Å²) in [4.78, 5) is 0. The van der Waals surface area contributed by atoms with Gasteiger partial charge >= 0.3 is 0 Å². The van der Waals surface area contributed by atoms with Gasteiger partial charge in [0.25, 0.3) is 0 Å². The molecule has 4 N–H and O–H groups in total. The van der Waals surface area contributed by atoms with Crippen molar-refractivity contribution in [3.63, 3.8) is 0 Å². The van der Waals surface area contributed by atoms with Crippen molar-refractivity contribution in [1.29, 1.82) is 5.26 Å². The molecule has 0 unspecified atom stereocenters. The van der Waals surface area contributed by atoms with E-state index in [0.717, 1.165) is 10.8 Å². The van der Waals surface area contributed by atoms with E-state index < -0.39 is 0 Å². The Morgan fingerprint density at radius 1 is 1.00 bits per heavy atom. The third-order valence-electron chi connectivity index (χ3n) is 2.26. The molecule has 0 aromatic heterocycles. The Hall–Kier alpha value is -2.21. The van der Waals surface area contributed by atoms with Gasteiger partial charge in [0.05, 0.1) is 23.0 Å². The van der Waals surface area contributed by atoms with Crippen molar-refractivity contribution in [1.82, 2.24) is 0 Å². The molecule has 2 aromatic carbocycles. The molecule has 0 fully saturated rings. The fourth-order valence-electron chi connectivity index (χ4n) is 1.50. The Labute approximate surface area is 81.6 Å². The SMILES string of the molecule is N#Cc1cccc2c(N)c(N)ccc12. The standard InChI is InChI=1S/C11H9N3/c12-6-7-2-1-3-9-8(7)4-5-10(13)11(9)14/h1-5H,13-14H2. The van der Waals surface area contributed by atoms with Crippen molar-refractivity contribution < 1.29 is 0 Å². The van der Waals surface area contributed by atoms with Crippen LogP contribution in [0.2, 0.25) is 0 Å². The first-order chi connectivity index (χ1) is 6.74. The summed E-state index contributed by atoms with van der Waals surface area (Å²) in [5, 5.41) is 10.6. The lowest BCUT2D eigenvalue weighted by molar-refractivity contribution is 1.50. The van der Waals surface area contributed by atoms with Gasteiger partial charge in [0, 0.05) is 10.8 Å². The minimum Gasteiger partial charge on any atom is -0.397 e. The van der Waals surface area contributed by atoms with E-state index in [2.05, 4.69) is 6.07 Å². The van der Waals surface area contributed by atoms with E-state index in [-0.39, 0.29) is 0 Å². The second-order valence-corrected chi connectivity index (χ2v) is 3.08. The topological polar surface area (TPSA) is 75.8 Å². The number of nitrogens with zero attached hydrogens (tertiary/aromatic N) is 1. The number of nitrogen functional groups attached to an aromatic ring is 2. The van der Waals surface area contributed by atoms with Crippen molar-refractivity contribution in [3.05, 3.63) is 35.9 Å². The van der Waals surface area contributed by atoms with Crippen LogP contribution in [0, 0.1) is 11.3 Å². The molecule has 0 amide bonds. The molecule has 0 spiro atoms. The predicted molar refractivity (Wildman–Crippen MR) is 57.5 cm³/mol. The average molecular weight is 183 g/mol. The van der Waals surface area contributed by atoms with Crippen molar-refractivity contribution in [2.45, 2.75) is 0 Å². The van der Waals surface area contributed by atoms with Crippen LogP contribution >= 0.6 is 0 Å². The Morgan fingerprint density at radius 3 is 2.50 bits per heavy atom. The maximum atomic E-state index is 8.87. The summed E-state index contributed by atoms with van der Waals surface area (Å²) >= 11 is 0. The van der Waals surface area contributed by atoms with Crippen LogP contribution in [0.25, 0.3) is 10.8 Å². The van der Waals surface area contributed by atoms with Crippen molar-refractivity contribution >= 4 is 22.1 Å². The number of hydrogen-bond donors (Lipinski definition) is 2. The molecule has 68 valence electrons. The molecule has 0 heterocycles. The molecular weight excluding hydrogens is 174 g/mol. The fourth-order valence-corrected chi connectivity index (χ4v) is 1.50. The van der Waals surface area contributed by atoms with Crippen LogP contribution in [0.15, 0.2) is 30.3 Å². The summed E-state index contributed by atoms with van der Waals surface area (Å²) < 4.78 is 0. The minimum atomic E-state index is 0.541. The third kappa shape index (κ3) is 1.05. The number of nitrogens with two attached hydrogens (primary N) is 2. The van der Waals surface area contributed by atoms with Crippen LogP contribution in [0.1, 0.15) is 5.56 Å². The molecule has 0 aliphatic heterocycles. The van der Waals surface area contributed by atoms with Gasteiger partial charge in [-0.15, -0.1) is 0 Å². The number of nitriles is 1. The largest absolute Gasteiger partial charge is 0.397 e. The first kappa shape index (κ1) is 8.39. The summed E-state index contributed by atoms with van der Waals surface area (Å²) in [5.74, 6) is 0. The Morgan fingerprint density at radius 2 is 1.79 bits per heavy atom. The first-order valence-electron chi connectivity index (χ1n) is 4.21. The Balaban J connectivity index is 2.95. The second-order valence-electron chi connectivity index (χ2n) is 3.08. The van der Waals surface area contributed by atoms with E-state index in [1.807, 2.05) is 12.1 Å². The zero-order valence-electron chi connectivity index (χ0n) is 7.49. The molecule has 0 saturated heterocycles. The third-order valence-corrected chi connectivity index (χ3v) is 2.26. The van der Waals surface area contributed by atoms with Gasteiger partial charge in [-0.2, -0.15) is 5.26 Å². The number of benzene rings is 2. The van der Waals surface area contributed by atoms with Gasteiger partial charge in [0.2, 0.25) is 0 Å². The number of anilines is 2. The maximum Gasteiger partial charge on any atom is 0.0998 e. The Kier molecular flexibility index (Phi) is 1.76. The van der Waals surface area contributed by atoms with E-state index in [1.54, 1.807) is 18.2 Å². The highest BCUT2D eigenvalue weighted by Crippen LogP contribution is 2.28. The highest BCUT2D eigenvalue weighted by Gasteiger charge is 2.04. The van der Waals surface area contributed by atoms with Crippen molar-refractivity contribution in [3.8, 4) is 6.07 Å². The van der Waals surface area contributed by atoms with Crippen LogP contribution in [0.5, 0.6) is 0 Å². The quantitative estimate of drug-likeness (QED) is 0.612. The van der Waals surface area contributed by atoms with E-state index in [4.69, 9.17) is 16.7 Å². The van der Waals surface area contributed by atoms with E-state index >= 15 is 0 Å². The highest BCUT2D eigenvalue weighted by atomic mass is 14.7. The van der Waals surface area contributed by atoms with Gasteiger partial charge in [0.1, 0.15) is 0 Å². The molecular formula is C11H9N3. The summed E-state index contributed by atoms with van der Waals surface area (Å²) in [6, 6.07) is 11.1. The second kappa shape index (κ2) is 2.93. The maximum absolute atomic E-state index is 8.87. The minimum absolute atomic E-state index is 0.541. The van der Waals surface area contributed by atoms with Crippen molar-refractivity contribution in [2.75, 3.05) is 11.5 Å². The summed E-state index contributed by atoms with van der Waals surface area (Å²) in [5.41, 5.74) is 13.2. The van der Waals surface area contributed by atoms with Crippen LogP contribution < -0.4 is 11.5 Å². The monoisotopic (exact) mass is 183 g/mol. The average Bonchev–Trinajstić information content (AvgIpc) is 2.23. The Bertz CT molecular complexity index is 538. The molecule has 0 radical (unpaired) electrons. The lowest BCUT2D eigenvalue weighted by atomic mass is 10.0. The highest BCUT2D eigenvalue weighted by molar-refractivity contribution is 6.00. The summed E-state index contributed by atoms with van der Waals surface area (Å²) in [6.45, 7) is 0. The van der Waals surface area contributed by atoms with Gasteiger partial charge in [-0.1, -0.05) is 18.2 Å². The number of fused-ring (bicyclic) bond motifs is 1. The molecule has 2 rings (SSSR count). The molecule has 0 atom stereocenters. The van der Waals surface area contributed by atoms with Crippen molar-refractivity contribution in [2.24, 2.45) is 0 Å². The van der Waals surface area contributed by atoms with E-state index in [0.29, 0.717) is 16.9 Å². The van der Waals surface area contributed by atoms with Crippen LogP contribution in [0.4, 0.5) is 11.4 Å². The molecule has 14 heavy (non-hydrogen) atoms. The van der Waals surface area contributed by atoms with Gasteiger partial charge in [-0.3, -0.25) is 0 Å². The number of rotatable bonds is 0. The van der Waals surface area contributed by atoms with Gasteiger partial charge in [-0.25, -0.2) is 0 Å². The fraction of sp³-hybridized carbons (Fsp3) is 0. The number of hydrogen-bond acceptors (Lipinski definition) is 3. The van der Waals surface area contributed by atoms with Crippen LogP contribution in [0.3, 0.4) is 0 Å². The molecule has 0 aliphatic carbocycles. The van der Waals surface area contributed by atoms with Gasteiger partial charge in [-0.05, 0) is 12.1 Å². The molecule has 3 nitrogen and oxygen atoms in total. The summed E-state index contributed by atoms with van der Waals surface area (Å²) in [6.07, 6.45) is 0. The zero-order valence-corrected chi connectivity index (χ0v) is 7.49. The molecule has 2 aromatic rings. The zero-order chi connectivity index (χ0) is 10.1. The summed E-state index contributed by atoms with van der Waals surface area (Å²) in [7, 11) is 0. The van der Waals surface area contributed by atoms with Gasteiger partial charge < -0.3 is 11.5 Å². The lowest BCUT2D eigenvalue weighted by Gasteiger charge is -2.05. The van der Waals surface area contributed by atoms with Crippen LogP contribution in [-0.2, 0) is 0 Å². The molecule has 0 saturated carbocycles. The van der Waals surface area contributed by atoms with Gasteiger partial charge in [0.15, 0.2) is 0 Å². The lowest BCUT2D eigenvalue weighted by Crippen LogP contribution is -1.95. The van der Waals surface area contributed by atoms with Crippen LogP contribution in [-0.4, -0.2) is 0 Å². The van der Waals surface area contributed by atoms with E-state index in [1.165, 1.54) is 0 Å². The molecule has 0 bridgehead atoms. The smallest absolute Gasteiger partial charge is 0.0998 e. The first-order valence-corrected chi connectivity index (χ1v) is 4.21. The van der Waals surface area contributed by atoms with E-state index in [9.17, 15) is 0 Å². The normalized spacial score (nSPS) is 9.93. The molecule has 3 heteroatoms.